The van der Waals surface area contributed by atoms with Crippen LogP contribution < -0.4 is 16.0 Å². The summed E-state index contributed by atoms with van der Waals surface area (Å²) in [4.78, 5) is 37.9. The number of benzene rings is 2. The predicted molar refractivity (Wildman–Crippen MR) is 128 cm³/mol. The Morgan fingerprint density at radius 1 is 0.947 bits per heavy atom. The van der Waals surface area contributed by atoms with Crippen LogP contribution in [0.15, 0.2) is 48.8 Å². The molecule has 9 nitrogen and oxygen atoms in total. The van der Waals surface area contributed by atoms with Crippen molar-refractivity contribution in [2.24, 2.45) is 0 Å². The van der Waals surface area contributed by atoms with E-state index in [1.807, 2.05) is 5.32 Å². The highest BCUT2D eigenvalue weighted by Crippen LogP contribution is 2.27. The molecule has 0 spiro atoms. The minimum Gasteiger partial charge on any atom is -0.369 e. The Bertz CT molecular complexity index is 1540. The maximum Gasteiger partial charge on any atom is 0.323 e. The number of halogens is 4. The van der Waals surface area contributed by atoms with Gasteiger partial charge in [-0.15, -0.1) is 0 Å². The molecule has 5 rings (SSSR count). The highest BCUT2D eigenvalue weighted by Gasteiger charge is 2.27. The molecule has 1 unspecified atom stereocenters. The summed E-state index contributed by atoms with van der Waals surface area (Å²) >= 11 is 0. The number of carbonyl (C=O) groups is 2. The van der Waals surface area contributed by atoms with Crippen molar-refractivity contribution >= 4 is 34.2 Å². The molecule has 0 radical (unpaired) electrons. The Kier molecular flexibility index (Phi) is 6.94. The van der Waals surface area contributed by atoms with E-state index in [-0.39, 0.29) is 17.3 Å². The zero-order valence-corrected chi connectivity index (χ0v) is 19.4. The number of nitrogens with one attached hydrogen (secondary N) is 3. The van der Waals surface area contributed by atoms with E-state index < -0.39 is 52.0 Å². The van der Waals surface area contributed by atoms with E-state index in [4.69, 9.17) is 4.74 Å². The zero-order valence-electron chi connectivity index (χ0n) is 19.4. The van der Waals surface area contributed by atoms with Gasteiger partial charge in [-0.25, -0.2) is 27.3 Å². The Hall–Kier alpha value is -4.49. The molecule has 1 saturated heterocycles. The largest absolute Gasteiger partial charge is 0.369 e. The van der Waals surface area contributed by atoms with Gasteiger partial charge in [0.2, 0.25) is 5.78 Å². The summed E-state index contributed by atoms with van der Waals surface area (Å²) in [5.74, 6) is -6.65. The number of morpholine rings is 1. The van der Waals surface area contributed by atoms with Crippen LogP contribution >= 0.6 is 0 Å². The summed E-state index contributed by atoms with van der Waals surface area (Å²) in [6.07, 6.45) is 2.33. The lowest BCUT2D eigenvalue weighted by Crippen LogP contribution is -2.33. The Labute approximate surface area is 212 Å². The van der Waals surface area contributed by atoms with Crippen LogP contribution in [-0.2, 0) is 4.74 Å². The summed E-state index contributed by atoms with van der Waals surface area (Å²) in [5, 5.41) is 7.46. The van der Waals surface area contributed by atoms with Gasteiger partial charge in [-0.05, 0) is 30.3 Å². The molecule has 13 heteroatoms. The first-order chi connectivity index (χ1) is 18.3. The van der Waals surface area contributed by atoms with Crippen LogP contribution in [0.3, 0.4) is 0 Å². The number of hydrogen-bond acceptors (Lipinski definition) is 7. The van der Waals surface area contributed by atoms with Crippen molar-refractivity contribution in [2.75, 3.05) is 30.3 Å². The van der Waals surface area contributed by atoms with Crippen LogP contribution in [0.1, 0.15) is 27.8 Å². The SMILES string of the molecule is O=C(Nc1ccc(F)cc1)Nc1cc(F)c(F)c(C(=O)c2cc3nc(C4CNCCO4)cnc3cn2)c1F. The number of fused-ring (bicyclic) bond motifs is 1. The Morgan fingerprint density at radius 3 is 2.47 bits per heavy atom. The first kappa shape index (κ1) is 25.2. The number of aromatic nitrogens is 3. The number of carbonyl (C=O) groups excluding carboxylic acids is 2. The number of anilines is 2. The first-order valence-corrected chi connectivity index (χ1v) is 11.3. The van der Waals surface area contributed by atoms with Crippen molar-refractivity contribution in [1.82, 2.24) is 20.3 Å². The summed E-state index contributed by atoms with van der Waals surface area (Å²) in [5.41, 5.74) is -1.31. The molecule has 194 valence electrons. The molecule has 1 fully saturated rings. The number of nitrogens with zero attached hydrogens (tertiary/aromatic N) is 3. The maximum atomic E-state index is 15.2. The van der Waals surface area contributed by atoms with Crippen LogP contribution in [0.2, 0.25) is 0 Å². The van der Waals surface area contributed by atoms with Crippen LogP contribution in [0, 0.1) is 23.3 Å². The lowest BCUT2D eigenvalue weighted by Gasteiger charge is -2.22. The van der Waals surface area contributed by atoms with Crippen LogP contribution in [-0.4, -0.2) is 46.5 Å². The average Bonchev–Trinajstić information content (AvgIpc) is 2.93. The summed E-state index contributed by atoms with van der Waals surface area (Å²) < 4.78 is 62.9. The molecule has 1 atom stereocenters. The lowest BCUT2D eigenvalue weighted by molar-refractivity contribution is 0.0250. The second kappa shape index (κ2) is 10.5. The molecule has 0 bridgehead atoms. The fraction of sp³-hybridized carbons (Fsp3) is 0.160. The summed E-state index contributed by atoms with van der Waals surface area (Å²) in [6.45, 7) is 1.66. The average molecular weight is 526 g/mol. The molecule has 0 saturated carbocycles. The predicted octanol–water partition coefficient (Wildman–Crippen LogP) is 4.12. The number of pyridine rings is 1. The molecule has 0 aliphatic carbocycles. The van der Waals surface area contributed by atoms with Crippen molar-refractivity contribution in [2.45, 2.75) is 6.10 Å². The van der Waals surface area contributed by atoms with Crippen LogP contribution in [0.25, 0.3) is 11.0 Å². The topological polar surface area (TPSA) is 118 Å². The van der Waals surface area contributed by atoms with Gasteiger partial charge in [-0.1, -0.05) is 0 Å². The van der Waals surface area contributed by atoms with E-state index in [0.29, 0.717) is 37.0 Å². The van der Waals surface area contributed by atoms with Crippen molar-refractivity contribution in [1.29, 1.82) is 0 Å². The second-order valence-electron chi connectivity index (χ2n) is 8.24. The normalized spacial score (nSPS) is 15.3. The minimum atomic E-state index is -1.75. The highest BCUT2D eigenvalue weighted by molar-refractivity contribution is 6.10. The van der Waals surface area contributed by atoms with Gasteiger partial charge in [0, 0.05) is 24.8 Å². The van der Waals surface area contributed by atoms with Gasteiger partial charge < -0.3 is 20.7 Å². The van der Waals surface area contributed by atoms with Crippen molar-refractivity contribution in [3.8, 4) is 0 Å². The number of amides is 2. The monoisotopic (exact) mass is 526 g/mol. The molecule has 2 amide bonds. The lowest BCUT2D eigenvalue weighted by atomic mass is 10.0. The molecule has 3 heterocycles. The standard InChI is InChI=1S/C25H18F4N6O3/c26-12-1-3-13(4-2-12)33-25(37)35-16-7-14(27)22(28)21(23(16)29)24(36)17-8-15-18(9-31-17)32-10-19(34-15)20-11-30-5-6-38-20/h1-4,7-10,20,30H,5-6,11H2,(H2,33,35,37). The third kappa shape index (κ3) is 5.14. The smallest absolute Gasteiger partial charge is 0.323 e. The molecular formula is C25H18F4N6O3. The number of urea groups is 1. The quantitative estimate of drug-likeness (QED) is 0.203. The zero-order chi connectivity index (χ0) is 26.8. The first-order valence-electron chi connectivity index (χ1n) is 11.3. The van der Waals surface area contributed by atoms with Crippen molar-refractivity contribution in [3.63, 3.8) is 0 Å². The van der Waals surface area contributed by atoms with Crippen LogP contribution in [0.4, 0.5) is 33.7 Å². The molecule has 3 N–H and O–H groups in total. The second-order valence-corrected chi connectivity index (χ2v) is 8.24. The minimum absolute atomic E-state index is 0.151. The van der Waals surface area contributed by atoms with Gasteiger partial charge in [0.1, 0.15) is 28.7 Å². The molecule has 1 aliphatic rings. The number of rotatable bonds is 5. The number of ether oxygens (including phenoxy) is 1. The molecular weight excluding hydrogens is 508 g/mol. The molecule has 4 aromatic rings. The fourth-order valence-electron chi connectivity index (χ4n) is 3.81. The molecule has 1 aliphatic heterocycles. The van der Waals surface area contributed by atoms with Gasteiger partial charge in [0.15, 0.2) is 17.5 Å². The number of hydrogen-bond donors (Lipinski definition) is 3. The van der Waals surface area contributed by atoms with E-state index in [2.05, 4.69) is 25.6 Å². The van der Waals surface area contributed by atoms with Crippen molar-refractivity contribution < 1.29 is 31.9 Å². The van der Waals surface area contributed by atoms with E-state index in [0.717, 1.165) is 12.1 Å². The van der Waals surface area contributed by atoms with Gasteiger partial charge in [-0.2, -0.15) is 0 Å². The van der Waals surface area contributed by atoms with Gasteiger partial charge in [-0.3, -0.25) is 14.8 Å². The van der Waals surface area contributed by atoms with Gasteiger partial charge in [0.25, 0.3) is 0 Å². The van der Waals surface area contributed by atoms with Crippen molar-refractivity contribution in [3.05, 3.63) is 89.0 Å². The Balaban J connectivity index is 1.44. The summed E-state index contributed by atoms with van der Waals surface area (Å²) in [7, 11) is 0. The third-order valence-corrected chi connectivity index (χ3v) is 5.67. The van der Waals surface area contributed by atoms with E-state index in [9.17, 15) is 22.8 Å². The summed E-state index contributed by atoms with van der Waals surface area (Å²) in [6, 6.07) is 5.18. The Morgan fingerprint density at radius 2 is 1.74 bits per heavy atom. The number of ketones is 1. The van der Waals surface area contributed by atoms with Gasteiger partial charge >= 0.3 is 6.03 Å². The van der Waals surface area contributed by atoms with E-state index in [1.165, 1.54) is 30.6 Å². The third-order valence-electron chi connectivity index (χ3n) is 5.67. The molecule has 2 aromatic heterocycles. The van der Waals surface area contributed by atoms with E-state index >= 15 is 4.39 Å². The van der Waals surface area contributed by atoms with E-state index in [1.54, 1.807) is 0 Å². The highest BCUT2D eigenvalue weighted by atomic mass is 19.2. The van der Waals surface area contributed by atoms with Crippen LogP contribution in [0.5, 0.6) is 0 Å². The fourth-order valence-corrected chi connectivity index (χ4v) is 3.81. The van der Waals surface area contributed by atoms with Gasteiger partial charge in [0.05, 0.1) is 35.9 Å². The molecule has 2 aromatic carbocycles. The molecule has 38 heavy (non-hydrogen) atoms. The maximum absolute atomic E-state index is 15.2.